The molecule has 43 heavy (non-hydrogen) atoms. The number of aliphatic carboxylic acids is 1. The molecular weight excluding hydrogens is 565 g/mol. The first-order valence-corrected chi connectivity index (χ1v) is 13.7. The lowest BCUT2D eigenvalue weighted by atomic mass is 9.76. The Bertz CT molecular complexity index is 1690. The second-order valence-electron chi connectivity index (χ2n) is 10.7. The molecule has 1 aliphatic rings. The molecule has 1 N–H and O–H groups in total. The highest BCUT2D eigenvalue weighted by Gasteiger charge is 2.36. The standard InChI is InChI=1S/C31H31F3N4O5/c1-16-6-5-7-24(42-3)30(16)37(2)27-15-22(19-10-20(32)29(34)21(33)11-19)35-26-14-23(36-38(26)27)31(41)18-9-8-17(13-28(39)40)25(12-18)43-4/h5-7,10-11,14-15,17-18,25H,8-9,12-13H2,1-4H3,(H,39,40)/t17?,18?,25-/m0/s1. The molecule has 9 nitrogen and oxygen atoms in total. The summed E-state index contributed by atoms with van der Waals surface area (Å²) in [6.07, 6.45) is 0.910. The van der Waals surface area contributed by atoms with Crippen molar-refractivity contribution in [3.05, 3.63) is 71.2 Å². The Labute approximate surface area is 245 Å². The van der Waals surface area contributed by atoms with Gasteiger partial charge < -0.3 is 19.5 Å². The van der Waals surface area contributed by atoms with Gasteiger partial charge in [-0.05, 0) is 55.9 Å². The number of carboxylic acid groups (broad SMARTS) is 1. The van der Waals surface area contributed by atoms with Crippen LogP contribution < -0.4 is 9.64 Å². The number of fused-ring (bicyclic) bond motifs is 1. The van der Waals surface area contributed by atoms with Gasteiger partial charge in [-0.3, -0.25) is 9.59 Å². The van der Waals surface area contributed by atoms with Gasteiger partial charge in [0.15, 0.2) is 28.9 Å². The van der Waals surface area contributed by atoms with Gasteiger partial charge in [-0.25, -0.2) is 18.2 Å². The van der Waals surface area contributed by atoms with E-state index in [1.165, 1.54) is 24.8 Å². The fraction of sp³-hybridized carbons (Fsp3) is 0.355. The van der Waals surface area contributed by atoms with Gasteiger partial charge in [0.2, 0.25) is 0 Å². The van der Waals surface area contributed by atoms with E-state index in [4.69, 9.17) is 9.47 Å². The predicted octanol–water partition coefficient (Wildman–Crippen LogP) is 5.99. The van der Waals surface area contributed by atoms with Crippen molar-refractivity contribution in [3.8, 4) is 17.0 Å². The Balaban J connectivity index is 1.61. The number of carboxylic acids is 1. The molecule has 0 radical (unpaired) electrons. The Hall–Kier alpha value is -4.45. The van der Waals surface area contributed by atoms with E-state index < -0.39 is 29.3 Å². The van der Waals surface area contributed by atoms with Crippen LogP contribution in [0.15, 0.2) is 42.5 Å². The molecule has 2 aromatic carbocycles. The second-order valence-corrected chi connectivity index (χ2v) is 10.7. The third-order valence-corrected chi connectivity index (χ3v) is 8.08. The fourth-order valence-electron chi connectivity index (χ4n) is 5.90. The molecule has 0 aliphatic heterocycles. The minimum Gasteiger partial charge on any atom is -0.495 e. The Morgan fingerprint density at radius 1 is 1.09 bits per heavy atom. The number of aromatic nitrogens is 3. The number of halogens is 3. The van der Waals surface area contributed by atoms with Gasteiger partial charge in [0, 0.05) is 37.8 Å². The van der Waals surface area contributed by atoms with Crippen LogP contribution in [0.25, 0.3) is 16.9 Å². The molecule has 226 valence electrons. The van der Waals surface area contributed by atoms with Gasteiger partial charge in [0.05, 0.1) is 31.0 Å². The summed E-state index contributed by atoms with van der Waals surface area (Å²) in [6.45, 7) is 1.89. The van der Waals surface area contributed by atoms with Crippen LogP contribution in [0.5, 0.6) is 5.75 Å². The van der Waals surface area contributed by atoms with Crippen LogP contribution in [0.2, 0.25) is 0 Å². The van der Waals surface area contributed by atoms with E-state index in [0.717, 1.165) is 17.7 Å². The van der Waals surface area contributed by atoms with Crippen molar-refractivity contribution in [2.24, 2.45) is 11.8 Å². The number of ketones is 1. The molecule has 4 aromatic rings. The first-order chi connectivity index (χ1) is 20.5. The van der Waals surface area contributed by atoms with Crippen LogP contribution in [-0.2, 0) is 9.53 Å². The maximum absolute atomic E-state index is 14.2. The van der Waals surface area contributed by atoms with Crippen molar-refractivity contribution in [2.75, 3.05) is 26.2 Å². The molecule has 0 spiro atoms. The number of nitrogens with zero attached hydrogens (tertiary/aromatic N) is 4. The number of Topliss-reactive ketones (excluding diaryl/α,β-unsaturated/α-hetero) is 1. The van der Waals surface area contributed by atoms with Gasteiger partial charge in [0.1, 0.15) is 17.3 Å². The van der Waals surface area contributed by atoms with E-state index in [1.54, 1.807) is 24.1 Å². The molecule has 2 heterocycles. The number of carbonyl (C=O) groups excluding carboxylic acids is 1. The molecule has 0 amide bonds. The fourth-order valence-corrected chi connectivity index (χ4v) is 5.90. The van der Waals surface area contributed by atoms with Crippen LogP contribution in [0.3, 0.4) is 0 Å². The van der Waals surface area contributed by atoms with Crippen LogP contribution in [0.4, 0.5) is 24.7 Å². The summed E-state index contributed by atoms with van der Waals surface area (Å²) in [5.41, 5.74) is 2.03. The largest absolute Gasteiger partial charge is 0.495 e. The normalized spacial score (nSPS) is 18.5. The van der Waals surface area contributed by atoms with Crippen molar-refractivity contribution >= 4 is 28.9 Å². The van der Waals surface area contributed by atoms with E-state index in [1.807, 2.05) is 19.1 Å². The number of hydrogen-bond donors (Lipinski definition) is 1. The average molecular weight is 597 g/mol. The molecule has 2 unspecified atom stereocenters. The quantitative estimate of drug-likeness (QED) is 0.186. The van der Waals surface area contributed by atoms with E-state index in [-0.39, 0.29) is 46.8 Å². The second kappa shape index (κ2) is 12.0. The highest BCUT2D eigenvalue weighted by molar-refractivity contribution is 5.97. The summed E-state index contributed by atoms with van der Waals surface area (Å²) in [5, 5.41) is 13.9. The summed E-state index contributed by atoms with van der Waals surface area (Å²) in [6, 6.07) is 10.3. The maximum Gasteiger partial charge on any atom is 0.303 e. The Morgan fingerprint density at radius 2 is 1.81 bits per heavy atom. The zero-order valence-electron chi connectivity index (χ0n) is 24.1. The number of aryl methyl sites for hydroxylation is 1. The first-order valence-electron chi connectivity index (χ1n) is 13.7. The van der Waals surface area contributed by atoms with Crippen LogP contribution in [-0.4, -0.2) is 58.8 Å². The summed E-state index contributed by atoms with van der Waals surface area (Å²) in [5.74, 6) is -5.15. The molecule has 2 aromatic heterocycles. The minimum absolute atomic E-state index is 0.000866. The van der Waals surface area contributed by atoms with Crippen molar-refractivity contribution < 1.29 is 37.3 Å². The molecule has 1 saturated carbocycles. The number of anilines is 2. The molecule has 5 rings (SSSR count). The van der Waals surface area contributed by atoms with Gasteiger partial charge in [-0.1, -0.05) is 12.1 Å². The zero-order valence-corrected chi connectivity index (χ0v) is 24.1. The monoisotopic (exact) mass is 596 g/mol. The van der Waals surface area contributed by atoms with E-state index in [0.29, 0.717) is 36.5 Å². The van der Waals surface area contributed by atoms with Gasteiger partial charge in [0.25, 0.3) is 0 Å². The van der Waals surface area contributed by atoms with E-state index in [2.05, 4.69) is 10.1 Å². The lowest BCUT2D eigenvalue weighted by Gasteiger charge is -2.33. The Morgan fingerprint density at radius 3 is 2.47 bits per heavy atom. The Kier molecular flexibility index (Phi) is 8.41. The number of benzene rings is 2. The number of rotatable bonds is 9. The molecule has 0 bridgehead atoms. The molecule has 1 fully saturated rings. The van der Waals surface area contributed by atoms with Crippen molar-refractivity contribution in [1.82, 2.24) is 14.6 Å². The summed E-state index contributed by atoms with van der Waals surface area (Å²) in [4.78, 5) is 31.3. The molecule has 1 aliphatic carbocycles. The highest BCUT2D eigenvalue weighted by Crippen LogP contribution is 2.38. The number of ether oxygens (including phenoxy) is 2. The van der Waals surface area contributed by atoms with Crippen molar-refractivity contribution in [3.63, 3.8) is 0 Å². The summed E-state index contributed by atoms with van der Waals surface area (Å²) >= 11 is 0. The van der Waals surface area contributed by atoms with E-state index >= 15 is 0 Å². The van der Waals surface area contributed by atoms with Crippen LogP contribution in [0, 0.1) is 36.2 Å². The van der Waals surface area contributed by atoms with Gasteiger partial charge in [-0.2, -0.15) is 9.61 Å². The summed E-state index contributed by atoms with van der Waals surface area (Å²) < 4.78 is 54.8. The molecule has 0 saturated heterocycles. The number of para-hydroxylation sites is 1. The van der Waals surface area contributed by atoms with Crippen LogP contribution >= 0.6 is 0 Å². The number of hydrogen-bond acceptors (Lipinski definition) is 7. The minimum atomic E-state index is -1.59. The third-order valence-electron chi connectivity index (χ3n) is 8.08. The summed E-state index contributed by atoms with van der Waals surface area (Å²) in [7, 11) is 4.80. The van der Waals surface area contributed by atoms with Crippen molar-refractivity contribution in [1.29, 1.82) is 0 Å². The lowest BCUT2D eigenvalue weighted by Crippen LogP contribution is -2.35. The molecule has 3 atom stereocenters. The number of carbonyl (C=O) groups is 2. The van der Waals surface area contributed by atoms with Gasteiger partial charge in [-0.15, -0.1) is 0 Å². The van der Waals surface area contributed by atoms with Crippen LogP contribution in [0.1, 0.15) is 41.7 Å². The SMILES string of the molecule is COc1cccc(C)c1N(C)c1cc(-c2cc(F)c(F)c(F)c2)nc2cc(C(=O)C3CCC(CC(=O)O)[C@@H](OC)C3)nn12. The third kappa shape index (κ3) is 5.79. The predicted molar refractivity (Wildman–Crippen MR) is 152 cm³/mol. The van der Waals surface area contributed by atoms with E-state index in [9.17, 15) is 27.9 Å². The topological polar surface area (TPSA) is 106 Å². The molecular formula is C31H31F3N4O5. The average Bonchev–Trinajstić information content (AvgIpc) is 3.42. The smallest absolute Gasteiger partial charge is 0.303 e. The molecule has 12 heteroatoms. The number of methoxy groups -OCH3 is 2. The zero-order chi connectivity index (χ0) is 31.0. The lowest BCUT2D eigenvalue weighted by molar-refractivity contribution is -0.140. The van der Waals surface area contributed by atoms with Gasteiger partial charge >= 0.3 is 5.97 Å². The van der Waals surface area contributed by atoms with Crippen molar-refractivity contribution in [2.45, 2.75) is 38.7 Å². The first kappa shape index (κ1) is 30.0. The maximum atomic E-state index is 14.2. The highest BCUT2D eigenvalue weighted by atomic mass is 19.2.